The SMILES string of the molecule is COC(=O)C1C(=O)NC(SCC(=O)Nc2ccc(OC)cc2)=C(C#N)C1c1ccc(C(C)C)cc1. The van der Waals surface area contributed by atoms with Gasteiger partial charge in [0.2, 0.25) is 11.8 Å². The van der Waals surface area contributed by atoms with Crippen LogP contribution in [0.5, 0.6) is 5.75 Å². The molecule has 0 bridgehead atoms. The number of hydrogen-bond donors (Lipinski definition) is 2. The number of nitrogens with one attached hydrogen (secondary N) is 2. The number of amides is 2. The summed E-state index contributed by atoms with van der Waals surface area (Å²) in [4.78, 5) is 38.0. The van der Waals surface area contributed by atoms with Crippen molar-refractivity contribution >= 4 is 35.2 Å². The molecule has 1 aliphatic rings. The van der Waals surface area contributed by atoms with E-state index in [4.69, 9.17) is 9.47 Å². The van der Waals surface area contributed by atoms with E-state index in [0.29, 0.717) is 22.9 Å². The predicted molar refractivity (Wildman–Crippen MR) is 134 cm³/mol. The number of benzene rings is 2. The minimum atomic E-state index is -1.21. The molecular weight excluding hydrogens is 466 g/mol. The van der Waals surface area contributed by atoms with Crippen LogP contribution in [-0.2, 0) is 19.1 Å². The first-order valence-electron chi connectivity index (χ1n) is 11.0. The van der Waals surface area contributed by atoms with Crippen LogP contribution in [0.15, 0.2) is 59.1 Å². The normalized spacial score (nSPS) is 17.4. The summed E-state index contributed by atoms with van der Waals surface area (Å²) in [7, 11) is 2.76. The Morgan fingerprint density at radius 1 is 1.11 bits per heavy atom. The second-order valence-corrected chi connectivity index (χ2v) is 9.19. The second kappa shape index (κ2) is 11.6. The average Bonchev–Trinajstić information content (AvgIpc) is 2.87. The zero-order chi connectivity index (χ0) is 25.5. The summed E-state index contributed by atoms with van der Waals surface area (Å²) in [5, 5.41) is 15.7. The number of carbonyl (C=O) groups excluding carboxylic acids is 3. The van der Waals surface area contributed by atoms with Crippen molar-refractivity contribution in [1.29, 1.82) is 5.26 Å². The summed E-state index contributed by atoms with van der Waals surface area (Å²) >= 11 is 1.03. The fourth-order valence-electron chi connectivity index (χ4n) is 3.78. The highest BCUT2D eigenvalue weighted by Gasteiger charge is 2.44. The summed E-state index contributed by atoms with van der Waals surface area (Å²) in [6, 6.07) is 16.5. The second-order valence-electron chi connectivity index (χ2n) is 8.21. The van der Waals surface area contributed by atoms with Crippen molar-refractivity contribution < 1.29 is 23.9 Å². The van der Waals surface area contributed by atoms with Crippen molar-refractivity contribution in [3.05, 3.63) is 70.3 Å². The standard InChI is InChI=1S/C26H27N3O5S/c1-15(2)16-5-7-17(8-6-16)22-20(13-27)25(29-24(31)23(22)26(32)34-4)35-14-21(30)28-18-9-11-19(33-3)12-10-18/h5-12,15,22-23H,14H2,1-4H3,(H,28,30)(H,29,31). The number of rotatable bonds is 8. The number of ether oxygens (including phenoxy) is 2. The quantitative estimate of drug-likeness (QED) is 0.423. The number of esters is 1. The van der Waals surface area contributed by atoms with Crippen molar-refractivity contribution in [2.75, 3.05) is 25.3 Å². The van der Waals surface area contributed by atoms with Gasteiger partial charge in [0.1, 0.15) is 11.7 Å². The molecule has 2 aromatic rings. The van der Waals surface area contributed by atoms with Crippen molar-refractivity contribution in [3.63, 3.8) is 0 Å². The number of methoxy groups -OCH3 is 2. The van der Waals surface area contributed by atoms with E-state index < -0.39 is 23.7 Å². The Morgan fingerprint density at radius 3 is 2.31 bits per heavy atom. The molecule has 0 spiro atoms. The van der Waals surface area contributed by atoms with Crippen molar-refractivity contribution in [2.45, 2.75) is 25.7 Å². The predicted octanol–water partition coefficient (Wildman–Crippen LogP) is 3.93. The van der Waals surface area contributed by atoms with Crippen LogP contribution in [0, 0.1) is 17.2 Å². The largest absolute Gasteiger partial charge is 0.497 e. The van der Waals surface area contributed by atoms with E-state index in [-0.39, 0.29) is 22.3 Å². The fourth-order valence-corrected chi connectivity index (χ4v) is 4.63. The molecule has 2 unspecified atom stereocenters. The van der Waals surface area contributed by atoms with Crippen LogP contribution < -0.4 is 15.4 Å². The number of allylic oxidation sites excluding steroid dienone is 1. The first-order chi connectivity index (χ1) is 16.8. The summed E-state index contributed by atoms with van der Waals surface area (Å²) in [5.41, 5.74) is 2.54. The molecule has 182 valence electrons. The van der Waals surface area contributed by atoms with E-state index in [1.54, 1.807) is 31.4 Å². The van der Waals surface area contributed by atoms with E-state index in [1.165, 1.54) is 7.11 Å². The number of thioether (sulfide) groups is 1. The molecule has 0 aliphatic carbocycles. The molecule has 0 saturated heterocycles. The van der Waals surface area contributed by atoms with Crippen LogP contribution in [-0.4, -0.2) is 37.8 Å². The highest BCUT2D eigenvalue weighted by atomic mass is 32.2. The lowest BCUT2D eigenvalue weighted by Crippen LogP contribution is -2.44. The summed E-state index contributed by atoms with van der Waals surface area (Å²) in [6.45, 7) is 4.12. The molecule has 1 heterocycles. The van der Waals surface area contributed by atoms with Gasteiger partial charge >= 0.3 is 5.97 Å². The Balaban J connectivity index is 1.87. The summed E-state index contributed by atoms with van der Waals surface area (Å²) in [5.74, 6) is -2.73. The van der Waals surface area contributed by atoms with Crippen LogP contribution in [0.2, 0.25) is 0 Å². The van der Waals surface area contributed by atoms with Crippen LogP contribution in [0.25, 0.3) is 0 Å². The average molecular weight is 494 g/mol. The van der Waals surface area contributed by atoms with E-state index in [2.05, 4.69) is 30.6 Å². The van der Waals surface area contributed by atoms with Gasteiger partial charge in [-0.2, -0.15) is 5.26 Å². The summed E-state index contributed by atoms with van der Waals surface area (Å²) in [6.07, 6.45) is 0. The van der Waals surface area contributed by atoms with Crippen LogP contribution in [0.1, 0.15) is 36.8 Å². The molecule has 2 atom stereocenters. The third-order valence-electron chi connectivity index (χ3n) is 5.67. The van der Waals surface area contributed by atoms with E-state index in [9.17, 15) is 19.6 Å². The van der Waals surface area contributed by atoms with Crippen molar-refractivity contribution in [1.82, 2.24) is 5.32 Å². The highest BCUT2D eigenvalue weighted by Crippen LogP contribution is 2.40. The number of nitrogens with zero attached hydrogens (tertiary/aromatic N) is 1. The monoisotopic (exact) mass is 493 g/mol. The number of nitriles is 1. The highest BCUT2D eigenvalue weighted by molar-refractivity contribution is 8.03. The first-order valence-corrected chi connectivity index (χ1v) is 12.0. The Morgan fingerprint density at radius 2 is 1.77 bits per heavy atom. The molecule has 1 aliphatic heterocycles. The van der Waals surface area contributed by atoms with Crippen LogP contribution in [0.4, 0.5) is 5.69 Å². The third-order valence-corrected chi connectivity index (χ3v) is 6.68. The Labute approximate surface area is 208 Å². The van der Waals surface area contributed by atoms with Crippen molar-refractivity contribution in [2.24, 2.45) is 5.92 Å². The maximum atomic E-state index is 12.9. The zero-order valence-corrected chi connectivity index (χ0v) is 20.8. The first kappa shape index (κ1) is 25.8. The molecule has 2 amide bonds. The lowest BCUT2D eigenvalue weighted by molar-refractivity contribution is -0.150. The fraction of sp³-hybridized carbons (Fsp3) is 0.308. The molecule has 9 heteroatoms. The van der Waals surface area contributed by atoms with Crippen LogP contribution in [0.3, 0.4) is 0 Å². The maximum Gasteiger partial charge on any atom is 0.319 e. The van der Waals surface area contributed by atoms with Gasteiger partial charge in [-0.15, -0.1) is 0 Å². The number of carbonyl (C=O) groups is 3. The molecule has 2 aromatic carbocycles. The lowest BCUT2D eigenvalue weighted by Gasteiger charge is -2.31. The van der Waals surface area contributed by atoms with Gasteiger partial charge in [0, 0.05) is 11.6 Å². The van der Waals surface area contributed by atoms with Crippen LogP contribution >= 0.6 is 11.8 Å². The molecule has 8 nitrogen and oxygen atoms in total. The van der Waals surface area contributed by atoms with Gasteiger partial charge in [-0.1, -0.05) is 49.9 Å². The zero-order valence-electron chi connectivity index (χ0n) is 20.0. The molecule has 0 fully saturated rings. The van der Waals surface area contributed by atoms with Gasteiger partial charge < -0.3 is 20.1 Å². The number of anilines is 1. The third kappa shape index (κ3) is 6.03. The molecule has 0 saturated carbocycles. The Hall–Kier alpha value is -3.77. The Kier molecular flexibility index (Phi) is 8.55. The molecule has 3 rings (SSSR count). The van der Waals surface area contributed by atoms with Gasteiger partial charge in [-0.05, 0) is 41.3 Å². The lowest BCUT2D eigenvalue weighted by atomic mass is 9.78. The van der Waals surface area contributed by atoms with Gasteiger partial charge in [0.25, 0.3) is 0 Å². The molecule has 0 radical (unpaired) electrons. The smallest absolute Gasteiger partial charge is 0.319 e. The molecule has 2 N–H and O–H groups in total. The van der Waals surface area contributed by atoms with Gasteiger partial charge in [-0.3, -0.25) is 14.4 Å². The number of hydrogen-bond acceptors (Lipinski definition) is 7. The molecule has 0 aromatic heterocycles. The van der Waals surface area contributed by atoms with E-state index in [0.717, 1.165) is 17.3 Å². The Bertz CT molecular complexity index is 1170. The molecule has 35 heavy (non-hydrogen) atoms. The summed E-state index contributed by atoms with van der Waals surface area (Å²) < 4.78 is 9.98. The van der Waals surface area contributed by atoms with Gasteiger partial charge in [-0.25, -0.2) is 0 Å². The van der Waals surface area contributed by atoms with Gasteiger partial charge in [0.05, 0.1) is 36.6 Å². The maximum absolute atomic E-state index is 12.9. The van der Waals surface area contributed by atoms with E-state index >= 15 is 0 Å². The van der Waals surface area contributed by atoms with Gasteiger partial charge in [0.15, 0.2) is 0 Å². The topological polar surface area (TPSA) is 118 Å². The minimum absolute atomic E-state index is 0.0469. The van der Waals surface area contributed by atoms with E-state index in [1.807, 2.05) is 24.3 Å². The van der Waals surface area contributed by atoms with Crippen molar-refractivity contribution in [3.8, 4) is 11.8 Å². The molecular formula is C26H27N3O5S. The minimum Gasteiger partial charge on any atom is -0.497 e.